The number of aryl methyl sites for hydroxylation is 1. The predicted octanol–water partition coefficient (Wildman–Crippen LogP) is 3.26. The van der Waals surface area contributed by atoms with Gasteiger partial charge >= 0.3 is 5.69 Å². The molecule has 0 radical (unpaired) electrons. The largest absolute Gasteiger partial charge is 0.490 e. The average molecular weight is 447 g/mol. The normalized spacial score (nSPS) is 11.1. The number of carbonyl (C=O) groups is 1. The summed E-state index contributed by atoms with van der Waals surface area (Å²) in [5.41, 5.74) is 4.20. The Morgan fingerprint density at radius 3 is 2.47 bits per heavy atom. The summed E-state index contributed by atoms with van der Waals surface area (Å²) >= 11 is 1.16. The first-order chi connectivity index (χ1) is 14.2. The molecule has 0 atom stereocenters. The van der Waals surface area contributed by atoms with Gasteiger partial charge < -0.3 is 4.74 Å². The minimum atomic E-state index is -4.25. The second kappa shape index (κ2) is 8.61. The molecule has 2 aromatic carbocycles. The van der Waals surface area contributed by atoms with Gasteiger partial charge in [0.05, 0.1) is 16.9 Å². The third-order valence-electron chi connectivity index (χ3n) is 4.19. The number of ether oxygens (including phenoxy) is 1. The summed E-state index contributed by atoms with van der Waals surface area (Å²) in [4.78, 5) is 24.8. The highest BCUT2D eigenvalue weighted by atomic mass is 32.2. The summed E-state index contributed by atoms with van der Waals surface area (Å²) in [5.74, 6) is -0.725. The van der Waals surface area contributed by atoms with E-state index in [4.69, 9.17) is 4.74 Å². The van der Waals surface area contributed by atoms with Crippen LogP contribution in [0.2, 0.25) is 0 Å². The van der Waals surface area contributed by atoms with Crippen molar-refractivity contribution >= 4 is 33.0 Å². The highest BCUT2D eigenvalue weighted by Gasteiger charge is 2.23. The van der Waals surface area contributed by atoms with Gasteiger partial charge in [-0.05, 0) is 36.1 Å². The number of benzene rings is 2. The highest BCUT2D eigenvalue weighted by molar-refractivity contribution is 7.89. The van der Waals surface area contributed by atoms with Crippen LogP contribution in [0.25, 0.3) is 11.1 Å². The van der Waals surface area contributed by atoms with E-state index in [0.29, 0.717) is 10.4 Å². The molecule has 0 bridgehead atoms. The summed E-state index contributed by atoms with van der Waals surface area (Å²) in [7, 11) is -3.01. The van der Waals surface area contributed by atoms with Crippen molar-refractivity contribution in [2.45, 2.75) is 11.8 Å². The van der Waals surface area contributed by atoms with Crippen molar-refractivity contribution in [3.05, 3.63) is 74.5 Å². The van der Waals surface area contributed by atoms with Crippen molar-refractivity contribution in [1.82, 2.24) is 10.3 Å². The lowest BCUT2D eigenvalue weighted by molar-refractivity contribution is -0.386. The second-order valence-electron chi connectivity index (χ2n) is 6.18. The lowest BCUT2D eigenvalue weighted by atomic mass is 10.1. The molecule has 0 saturated heterocycles. The monoisotopic (exact) mass is 447 g/mol. The molecule has 3 aromatic rings. The molecule has 0 aliphatic heterocycles. The number of hydrogen-bond acceptors (Lipinski definition) is 7. The van der Waals surface area contributed by atoms with Gasteiger partial charge in [0.25, 0.3) is 15.9 Å². The SMILES string of the molecule is COc1ccc(S(=O)(=O)NNC(=O)c2sccc2-c2ccc(C)cc2)cc1[N+](=O)[O-]. The maximum Gasteiger partial charge on any atom is 0.312 e. The van der Waals surface area contributed by atoms with Gasteiger partial charge in [0.2, 0.25) is 0 Å². The molecule has 3 rings (SSSR count). The van der Waals surface area contributed by atoms with Crippen LogP contribution in [0.15, 0.2) is 58.8 Å². The Balaban J connectivity index is 1.80. The molecule has 0 aliphatic rings. The van der Waals surface area contributed by atoms with E-state index >= 15 is 0 Å². The van der Waals surface area contributed by atoms with Gasteiger partial charge in [-0.1, -0.05) is 29.8 Å². The van der Waals surface area contributed by atoms with Gasteiger partial charge in [-0.2, -0.15) is 0 Å². The van der Waals surface area contributed by atoms with Crippen molar-refractivity contribution in [2.75, 3.05) is 7.11 Å². The summed E-state index contributed by atoms with van der Waals surface area (Å²) in [6.45, 7) is 1.95. The zero-order valence-electron chi connectivity index (χ0n) is 15.9. The van der Waals surface area contributed by atoms with Crippen LogP contribution in [-0.2, 0) is 10.0 Å². The molecule has 1 heterocycles. The van der Waals surface area contributed by atoms with E-state index in [1.807, 2.05) is 36.0 Å². The van der Waals surface area contributed by atoms with Crippen LogP contribution in [-0.4, -0.2) is 26.4 Å². The number of amides is 1. The number of hydrogen-bond donors (Lipinski definition) is 2. The third kappa shape index (κ3) is 4.48. The topological polar surface area (TPSA) is 128 Å². The average Bonchev–Trinajstić information content (AvgIpc) is 3.22. The molecule has 0 aliphatic carbocycles. The van der Waals surface area contributed by atoms with E-state index in [2.05, 4.69) is 5.43 Å². The van der Waals surface area contributed by atoms with Crippen LogP contribution in [0.5, 0.6) is 5.75 Å². The van der Waals surface area contributed by atoms with Crippen LogP contribution in [0, 0.1) is 17.0 Å². The Hall–Kier alpha value is -3.28. The number of nitrogens with zero attached hydrogens (tertiary/aromatic N) is 1. The maximum atomic E-state index is 12.6. The standard InChI is InChI=1S/C19H17N3O6S2/c1-12-3-5-13(6-4-12)15-9-10-29-18(15)19(23)20-21-30(26,27)14-7-8-17(28-2)16(11-14)22(24)25/h3-11,21H,1-2H3,(H,20,23). The molecule has 0 saturated carbocycles. The minimum absolute atomic E-state index is 0.0793. The number of carbonyl (C=O) groups excluding carboxylic acids is 1. The molecule has 156 valence electrons. The smallest absolute Gasteiger partial charge is 0.312 e. The summed E-state index contributed by atoms with van der Waals surface area (Å²) in [6.07, 6.45) is 0. The van der Waals surface area contributed by atoms with E-state index in [1.54, 1.807) is 11.4 Å². The van der Waals surface area contributed by atoms with Gasteiger partial charge in [-0.3, -0.25) is 20.3 Å². The van der Waals surface area contributed by atoms with Gasteiger partial charge in [0.15, 0.2) is 5.75 Å². The molecule has 1 aromatic heterocycles. The van der Waals surface area contributed by atoms with Gasteiger partial charge in [0, 0.05) is 11.6 Å². The second-order valence-corrected chi connectivity index (χ2v) is 8.78. The Morgan fingerprint density at radius 2 is 1.83 bits per heavy atom. The molecule has 2 N–H and O–H groups in total. The minimum Gasteiger partial charge on any atom is -0.490 e. The van der Waals surface area contributed by atoms with Crippen molar-refractivity contribution < 1.29 is 22.9 Å². The lowest BCUT2D eigenvalue weighted by Gasteiger charge is -2.10. The van der Waals surface area contributed by atoms with E-state index in [0.717, 1.165) is 34.6 Å². The molecular weight excluding hydrogens is 430 g/mol. The quantitative estimate of drug-likeness (QED) is 0.423. The summed E-state index contributed by atoms with van der Waals surface area (Å²) in [5, 5.41) is 12.8. The van der Waals surface area contributed by atoms with Crippen LogP contribution < -0.4 is 15.0 Å². The first-order valence-corrected chi connectivity index (χ1v) is 10.9. The molecule has 0 fully saturated rings. The predicted molar refractivity (Wildman–Crippen MR) is 112 cm³/mol. The van der Waals surface area contributed by atoms with E-state index in [9.17, 15) is 23.3 Å². The van der Waals surface area contributed by atoms with Crippen molar-refractivity contribution in [1.29, 1.82) is 0 Å². The Bertz CT molecular complexity index is 1200. The fourth-order valence-electron chi connectivity index (χ4n) is 2.65. The van der Waals surface area contributed by atoms with Crippen molar-refractivity contribution in [3.63, 3.8) is 0 Å². The molecular formula is C19H17N3O6S2. The van der Waals surface area contributed by atoms with Crippen LogP contribution in [0.1, 0.15) is 15.2 Å². The maximum absolute atomic E-state index is 12.6. The first-order valence-electron chi connectivity index (χ1n) is 8.52. The van der Waals surface area contributed by atoms with Crippen LogP contribution >= 0.6 is 11.3 Å². The molecule has 30 heavy (non-hydrogen) atoms. The molecule has 0 spiro atoms. The number of nitrogens with one attached hydrogen (secondary N) is 2. The van der Waals surface area contributed by atoms with Crippen LogP contribution in [0.3, 0.4) is 0 Å². The Morgan fingerprint density at radius 1 is 1.13 bits per heavy atom. The Labute approximate surface area is 176 Å². The lowest BCUT2D eigenvalue weighted by Crippen LogP contribution is -2.41. The van der Waals surface area contributed by atoms with Crippen molar-refractivity contribution in [3.8, 4) is 16.9 Å². The zero-order valence-corrected chi connectivity index (χ0v) is 17.5. The number of methoxy groups -OCH3 is 1. The van der Waals surface area contributed by atoms with E-state index in [-0.39, 0.29) is 10.6 Å². The highest BCUT2D eigenvalue weighted by Crippen LogP contribution is 2.30. The van der Waals surface area contributed by atoms with E-state index in [1.165, 1.54) is 13.2 Å². The fourth-order valence-corrected chi connectivity index (χ4v) is 4.32. The first kappa shape index (κ1) is 21.4. The number of sulfonamides is 1. The third-order valence-corrected chi connectivity index (χ3v) is 6.35. The number of nitro groups is 1. The van der Waals surface area contributed by atoms with Gasteiger partial charge in [-0.25, -0.2) is 8.42 Å². The molecule has 9 nitrogen and oxygen atoms in total. The van der Waals surface area contributed by atoms with Gasteiger partial charge in [0.1, 0.15) is 4.88 Å². The summed E-state index contributed by atoms with van der Waals surface area (Å²) < 4.78 is 29.8. The summed E-state index contributed by atoms with van der Waals surface area (Å²) in [6, 6.07) is 12.5. The molecule has 11 heteroatoms. The van der Waals surface area contributed by atoms with Crippen LogP contribution in [0.4, 0.5) is 5.69 Å². The number of nitro benzene ring substituents is 1. The fraction of sp³-hybridized carbons (Fsp3) is 0.105. The van der Waals surface area contributed by atoms with E-state index < -0.39 is 26.5 Å². The number of thiophene rings is 1. The zero-order chi connectivity index (χ0) is 21.9. The molecule has 0 unspecified atom stereocenters. The van der Waals surface area contributed by atoms with Gasteiger partial charge in [-0.15, -0.1) is 16.2 Å². The van der Waals surface area contributed by atoms with Crippen molar-refractivity contribution in [2.24, 2.45) is 0 Å². The molecule has 1 amide bonds. The number of rotatable bonds is 7. The Kier molecular flexibility index (Phi) is 6.15. The number of hydrazine groups is 1.